The quantitative estimate of drug-likeness (QED) is 0.844. The predicted octanol–water partition coefficient (Wildman–Crippen LogP) is 2.55. The zero-order valence-electron chi connectivity index (χ0n) is 7.93. The van der Waals surface area contributed by atoms with Crippen molar-refractivity contribution in [3.63, 3.8) is 0 Å². The highest BCUT2D eigenvalue weighted by Crippen LogP contribution is 2.33. The maximum Gasteiger partial charge on any atom is 0.0642 e. The molecule has 1 aromatic rings. The molecule has 0 radical (unpaired) electrons. The van der Waals surface area contributed by atoms with Gasteiger partial charge in [-0.05, 0) is 25.0 Å². The number of aliphatic hydroxyl groups is 1. The molecule has 4 heteroatoms. The highest BCUT2D eigenvalue weighted by molar-refractivity contribution is 6.42. The van der Waals surface area contributed by atoms with Gasteiger partial charge in [0.1, 0.15) is 0 Å². The summed E-state index contributed by atoms with van der Waals surface area (Å²) in [5, 5.41) is 9.82. The Bertz CT molecular complexity index is 326. The SMILES string of the molecule is C[C@@](N)(CCO)c1cccc(Cl)c1Cl. The largest absolute Gasteiger partial charge is 0.396 e. The van der Waals surface area contributed by atoms with Crippen LogP contribution in [0.2, 0.25) is 10.0 Å². The van der Waals surface area contributed by atoms with E-state index < -0.39 is 5.54 Å². The topological polar surface area (TPSA) is 46.2 Å². The third-order valence-corrected chi connectivity index (χ3v) is 3.02. The molecule has 1 rings (SSSR count). The summed E-state index contributed by atoms with van der Waals surface area (Å²) < 4.78 is 0. The second-order valence-corrected chi connectivity index (χ2v) is 4.28. The minimum Gasteiger partial charge on any atom is -0.396 e. The standard InChI is InChI=1S/C10H13Cl2NO/c1-10(13,5-6-14)7-3-2-4-8(11)9(7)12/h2-4,14H,5-6,13H2,1H3/t10-/m1/s1. The third kappa shape index (κ3) is 2.39. The fourth-order valence-electron chi connectivity index (χ4n) is 1.31. The van der Waals surface area contributed by atoms with Crippen LogP contribution in [0, 0.1) is 0 Å². The molecule has 0 spiro atoms. The fourth-order valence-corrected chi connectivity index (χ4v) is 1.83. The molecule has 14 heavy (non-hydrogen) atoms. The predicted molar refractivity (Wildman–Crippen MR) is 59.7 cm³/mol. The third-order valence-electron chi connectivity index (χ3n) is 2.20. The molecule has 0 aliphatic carbocycles. The van der Waals surface area contributed by atoms with Gasteiger partial charge in [-0.2, -0.15) is 0 Å². The fraction of sp³-hybridized carbons (Fsp3) is 0.400. The van der Waals surface area contributed by atoms with Crippen LogP contribution in [0.5, 0.6) is 0 Å². The van der Waals surface area contributed by atoms with Gasteiger partial charge in [-0.15, -0.1) is 0 Å². The highest BCUT2D eigenvalue weighted by atomic mass is 35.5. The van der Waals surface area contributed by atoms with Crippen molar-refractivity contribution in [1.82, 2.24) is 0 Å². The maximum absolute atomic E-state index is 8.87. The van der Waals surface area contributed by atoms with Crippen molar-refractivity contribution in [2.75, 3.05) is 6.61 Å². The van der Waals surface area contributed by atoms with Crippen LogP contribution in [0.15, 0.2) is 18.2 Å². The molecule has 0 amide bonds. The van der Waals surface area contributed by atoms with Crippen LogP contribution >= 0.6 is 23.2 Å². The van der Waals surface area contributed by atoms with Gasteiger partial charge < -0.3 is 10.8 Å². The lowest BCUT2D eigenvalue weighted by Crippen LogP contribution is -2.34. The van der Waals surface area contributed by atoms with Crippen molar-refractivity contribution < 1.29 is 5.11 Å². The lowest BCUT2D eigenvalue weighted by molar-refractivity contribution is 0.247. The van der Waals surface area contributed by atoms with Gasteiger partial charge in [0.05, 0.1) is 10.0 Å². The van der Waals surface area contributed by atoms with Crippen LogP contribution < -0.4 is 5.73 Å². The molecule has 0 bridgehead atoms. The first-order valence-electron chi connectivity index (χ1n) is 4.33. The molecule has 1 atom stereocenters. The van der Waals surface area contributed by atoms with Gasteiger partial charge in [0.2, 0.25) is 0 Å². The molecule has 1 aromatic carbocycles. The van der Waals surface area contributed by atoms with Crippen molar-refractivity contribution in [3.8, 4) is 0 Å². The summed E-state index contributed by atoms with van der Waals surface area (Å²) in [6, 6.07) is 5.33. The Morgan fingerprint density at radius 2 is 2.07 bits per heavy atom. The molecule has 3 N–H and O–H groups in total. The van der Waals surface area contributed by atoms with Crippen LogP contribution in [0.3, 0.4) is 0 Å². The first-order valence-corrected chi connectivity index (χ1v) is 5.09. The molecule has 0 unspecified atom stereocenters. The van der Waals surface area contributed by atoms with Crippen LogP contribution in [0.1, 0.15) is 18.9 Å². The number of aliphatic hydroxyl groups excluding tert-OH is 1. The Hall–Kier alpha value is -0.280. The van der Waals surface area contributed by atoms with E-state index in [2.05, 4.69) is 0 Å². The average molecular weight is 234 g/mol. The normalized spacial score (nSPS) is 15.2. The number of rotatable bonds is 3. The summed E-state index contributed by atoms with van der Waals surface area (Å²) in [6.07, 6.45) is 0.451. The summed E-state index contributed by atoms with van der Waals surface area (Å²) in [5.41, 5.74) is 6.14. The van der Waals surface area contributed by atoms with Crippen LogP contribution in [-0.4, -0.2) is 11.7 Å². The lowest BCUT2D eigenvalue weighted by Gasteiger charge is -2.25. The Morgan fingerprint density at radius 1 is 1.43 bits per heavy atom. The highest BCUT2D eigenvalue weighted by Gasteiger charge is 2.23. The summed E-state index contributed by atoms with van der Waals surface area (Å²) in [4.78, 5) is 0. The molecule has 0 heterocycles. The molecule has 0 aliphatic rings. The molecule has 0 fully saturated rings. The Kier molecular flexibility index (Phi) is 3.78. The summed E-state index contributed by atoms with van der Waals surface area (Å²) in [5.74, 6) is 0. The number of benzene rings is 1. The van der Waals surface area contributed by atoms with Gasteiger partial charge in [0.25, 0.3) is 0 Å². The van der Waals surface area contributed by atoms with E-state index in [1.165, 1.54) is 0 Å². The number of nitrogens with two attached hydrogens (primary N) is 1. The first-order chi connectivity index (χ1) is 6.49. The zero-order chi connectivity index (χ0) is 10.8. The number of hydrogen-bond acceptors (Lipinski definition) is 2. The molecule has 2 nitrogen and oxygen atoms in total. The molecular formula is C10H13Cl2NO. The Balaban J connectivity index is 3.12. The summed E-state index contributed by atoms with van der Waals surface area (Å²) >= 11 is 11.9. The Labute approximate surface area is 93.6 Å². The van der Waals surface area contributed by atoms with Crippen molar-refractivity contribution in [2.24, 2.45) is 5.73 Å². The van der Waals surface area contributed by atoms with Gasteiger partial charge >= 0.3 is 0 Å². The van der Waals surface area contributed by atoms with E-state index >= 15 is 0 Å². The molecule has 78 valence electrons. The maximum atomic E-state index is 8.87. The van der Waals surface area contributed by atoms with Crippen molar-refractivity contribution in [1.29, 1.82) is 0 Å². The van der Waals surface area contributed by atoms with Gasteiger partial charge in [0, 0.05) is 12.1 Å². The van der Waals surface area contributed by atoms with Crippen molar-refractivity contribution in [3.05, 3.63) is 33.8 Å². The summed E-state index contributed by atoms with van der Waals surface area (Å²) in [6.45, 7) is 1.84. The summed E-state index contributed by atoms with van der Waals surface area (Å²) in [7, 11) is 0. The second kappa shape index (κ2) is 4.49. The van der Waals surface area contributed by atoms with E-state index in [1.54, 1.807) is 12.1 Å². The van der Waals surface area contributed by atoms with E-state index in [0.29, 0.717) is 16.5 Å². The van der Waals surface area contributed by atoms with E-state index in [4.69, 9.17) is 34.0 Å². The molecule has 0 aromatic heterocycles. The number of halogens is 2. The average Bonchev–Trinajstić information content (AvgIpc) is 2.09. The van der Waals surface area contributed by atoms with Crippen LogP contribution in [-0.2, 0) is 5.54 Å². The van der Waals surface area contributed by atoms with Crippen LogP contribution in [0.4, 0.5) is 0 Å². The molecule has 0 saturated carbocycles. The van der Waals surface area contributed by atoms with Gasteiger partial charge in [-0.25, -0.2) is 0 Å². The molecular weight excluding hydrogens is 221 g/mol. The van der Waals surface area contributed by atoms with E-state index in [0.717, 1.165) is 5.56 Å². The number of hydrogen-bond donors (Lipinski definition) is 2. The monoisotopic (exact) mass is 233 g/mol. The van der Waals surface area contributed by atoms with Crippen LogP contribution in [0.25, 0.3) is 0 Å². The minimum absolute atomic E-state index is 0.0237. The molecule has 0 saturated heterocycles. The van der Waals surface area contributed by atoms with Crippen molar-refractivity contribution in [2.45, 2.75) is 18.9 Å². The van der Waals surface area contributed by atoms with Gasteiger partial charge in [-0.3, -0.25) is 0 Å². The second-order valence-electron chi connectivity index (χ2n) is 3.49. The minimum atomic E-state index is -0.642. The zero-order valence-corrected chi connectivity index (χ0v) is 9.44. The van der Waals surface area contributed by atoms with Gasteiger partial charge in [-0.1, -0.05) is 35.3 Å². The van der Waals surface area contributed by atoms with E-state index in [-0.39, 0.29) is 6.61 Å². The first kappa shape index (κ1) is 11.8. The van der Waals surface area contributed by atoms with E-state index in [9.17, 15) is 0 Å². The Morgan fingerprint density at radius 3 is 2.64 bits per heavy atom. The molecule has 0 aliphatic heterocycles. The lowest BCUT2D eigenvalue weighted by atomic mass is 9.90. The smallest absolute Gasteiger partial charge is 0.0642 e. The van der Waals surface area contributed by atoms with Crippen molar-refractivity contribution >= 4 is 23.2 Å². The van der Waals surface area contributed by atoms with Gasteiger partial charge in [0.15, 0.2) is 0 Å². The van der Waals surface area contributed by atoms with E-state index in [1.807, 2.05) is 13.0 Å².